The summed E-state index contributed by atoms with van der Waals surface area (Å²) in [5.41, 5.74) is 1.66. The van der Waals surface area contributed by atoms with Crippen LogP contribution in [0.3, 0.4) is 0 Å². The minimum atomic E-state index is -4.65. The van der Waals surface area contributed by atoms with E-state index in [2.05, 4.69) is 11.3 Å². The van der Waals surface area contributed by atoms with Gasteiger partial charge in [0.05, 0.1) is 0 Å². The standard InChI is InChI=1S/C12H13F3O/c1-3-5-10-6-7-11(8-9(10)4-2)16-12(13,14)15/h4,6-8H,2-3,5H2,1H3. The molecule has 1 nitrogen and oxygen atoms in total. The minimum Gasteiger partial charge on any atom is -0.406 e. The van der Waals surface area contributed by atoms with Crippen molar-refractivity contribution in [2.45, 2.75) is 26.1 Å². The van der Waals surface area contributed by atoms with E-state index in [9.17, 15) is 13.2 Å². The van der Waals surface area contributed by atoms with Crippen LogP contribution in [0, 0.1) is 0 Å². The highest BCUT2D eigenvalue weighted by Crippen LogP contribution is 2.26. The Hall–Kier alpha value is -1.45. The van der Waals surface area contributed by atoms with Crippen molar-refractivity contribution in [1.29, 1.82) is 0 Å². The lowest BCUT2D eigenvalue weighted by atomic mass is 10.0. The van der Waals surface area contributed by atoms with E-state index >= 15 is 0 Å². The monoisotopic (exact) mass is 230 g/mol. The van der Waals surface area contributed by atoms with Gasteiger partial charge in [0.1, 0.15) is 5.75 Å². The fraction of sp³-hybridized carbons (Fsp3) is 0.333. The number of ether oxygens (including phenoxy) is 1. The van der Waals surface area contributed by atoms with Crippen molar-refractivity contribution in [3.63, 3.8) is 0 Å². The Bertz CT molecular complexity index is 369. The summed E-state index contributed by atoms with van der Waals surface area (Å²) >= 11 is 0. The zero-order valence-electron chi connectivity index (χ0n) is 8.97. The van der Waals surface area contributed by atoms with E-state index in [1.165, 1.54) is 18.2 Å². The fourth-order valence-corrected chi connectivity index (χ4v) is 1.46. The van der Waals surface area contributed by atoms with Crippen LogP contribution in [0.1, 0.15) is 24.5 Å². The van der Waals surface area contributed by atoms with Crippen LogP contribution >= 0.6 is 0 Å². The average molecular weight is 230 g/mol. The number of alkyl halides is 3. The van der Waals surface area contributed by atoms with E-state index in [1.54, 1.807) is 6.07 Å². The number of aryl methyl sites for hydroxylation is 1. The van der Waals surface area contributed by atoms with Gasteiger partial charge in [-0.25, -0.2) is 0 Å². The third-order valence-corrected chi connectivity index (χ3v) is 2.09. The average Bonchev–Trinajstić information content (AvgIpc) is 2.18. The lowest BCUT2D eigenvalue weighted by molar-refractivity contribution is -0.274. The molecule has 0 spiro atoms. The first-order valence-electron chi connectivity index (χ1n) is 4.97. The maximum Gasteiger partial charge on any atom is 0.573 e. The number of hydrogen-bond acceptors (Lipinski definition) is 1. The first-order chi connectivity index (χ1) is 7.46. The third-order valence-electron chi connectivity index (χ3n) is 2.09. The predicted molar refractivity (Wildman–Crippen MR) is 57.2 cm³/mol. The molecule has 0 saturated carbocycles. The Balaban J connectivity index is 2.95. The van der Waals surface area contributed by atoms with Crippen LogP contribution in [-0.4, -0.2) is 6.36 Å². The summed E-state index contributed by atoms with van der Waals surface area (Å²) in [6, 6.07) is 4.32. The molecule has 0 heterocycles. The molecule has 0 atom stereocenters. The highest BCUT2D eigenvalue weighted by molar-refractivity contribution is 5.54. The molecule has 0 aromatic heterocycles. The Morgan fingerprint density at radius 3 is 2.56 bits per heavy atom. The van der Waals surface area contributed by atoms with Gasteiger partial charge in [0, 0.05) is 0 Å². The van der Waals surface area contributed by atoms with Gasteiger partial charge in [-0.1, -0.05) is 32.1 Å². The van der Waals surface area contributed by atoms with Crippen molar-refractivity contribution in [1.82, 2.24) is 0 Å². The molecule has 0 fully saturated rings. The van der Waals surface area contributed by atoms with Gasteiger partial charge >= 0.3 is 6.36 Å². The van der Waals surface area contributed by atoms with Crippen molar-refractivity contribution in [2.75, 3.05) is 0 Å². The third kappa shape index (κ3) is 3.61. The van der Waals surface area contributed by atoms with Crippen molar-refractivity contribution in [3.8, 4) is 5.75 Å². The van der Waals surface area contributed by atoms with Gasteiger partial charge in [-0.15, -0.1) is 13.2 Å². The highest BCUT2D eigenvalue weighted by atomic mass is 19.4. The molecule has 0 aliphatic rings. The largest absolute Gasteiger partial charge is 0.573 e. The van der Waals surface area contributed by atoms with Gasteiger partial charge in [0.15, 0.2) is 0 Å². The van der Waals surface area contributed by atoms with Gasteiger partial charge in [-0.3, -0.25) is 0 Å². The molecule has 0 saturated heterocycles. The van der Waals surface area contributed by atoms with E-state index in [0.29, 0.717) is 5.56 Å². The Morgan fingerprint density at radius 2 is 2.06 bits per heavy atom. The van der Waals surface area contributed by atoms with Crippen molar-refractivity contribution in [3.05, 3.63) is 35.9 Å². The predicted octanol–water partition coefficient (Wildman–Crippen LogP) is 4.18. The molecule has 0 amide bonds. The summed E-state index contributed by atoms with van der Waals surface area (Å²) in [4.78, 5) is 0. The van der Waals surface area contributed by atoms with Crippen molar-refractivity contribution < 1.29 is 17.9 Å². The van der Waals surface area contributed by atoms with E-state index in [-0.39, 0.29) is 5.75 Å². The molecular weight excluding hydrogens is 217 g/mol. The quantitative estimate of drug-likeness (QED) is 0.753. The molecule has 4 heteroatoms. The summed E-state index contributed by atoms with van der Waals surface area (Å²) in [6.45, 7) is 5.58. The molecule has 16 heavy (non-hydrogen) atoms. The Kier molecular flexibility index (Phi) is 3.99. The van der Waals surface area contributed by atoms with Crippen LogP contribution in [0.2, 0.25) is 0 Å². The normalized spacial score (nSPS) is 11.2. The SMILES string of the molecule is C=Cc1cc(OC(F)(F)F)ccc1CCC. The molecule has 0 radical (unpaired) electrons. The van der Waals surface area contributed by atoms with Crippen LogP contribution in [0.15, 0.2) is 24.8 Å². The smallest absolute Gasteiger partial charge is 0.406 e. The summed E-state index contributed by atoms with van der Waals surface area (Å²) in [6.07, 6.45) is -1.37. The number of halogens is 3. The molecule has 0 bridgehead atoms. The zero-order valence-corrected chi connectivity index (χ0v) is 8.97. The second kappa shape index (κ2) is 5.05. The van der Waals surface area contributed by atoms with Crippen LogP contribution < -0.4 is 4.74 Å². The Labute approximate surface area is 92.5 Å². The molecule has 1 aromatic carbocycles. The van der Waals surface area contributed by atoms with Gasteiger partial charge in [0.25, 0.3) is 0 Å². The van der Waals surface area contributed by atoms with Crippen molar-refractivity contribution >= 4 is 6.08 Å². The number of rotatable bonds is 4. The van der Waals surface area contributed by atoms with Gasteiger partial charge < -0.3 is 4.74 Å². The van der Waals surface area contributed by atoms with E-state index in [4.69, 9.17) is 0 Å². The maximum absolute atomic E-state index is 12.0. The summed E-state index contributed by atoms with van der Waals surface area (Å²) in [5, 5.41) is 0. The molecule has 0 N–H and O–H groups in total. The van der Waals surface area contributed by atoms with E-state index in [0.717, 1.165) is 18.4 Å². The summed E-state index contributed by atoms with van der Waals surface area (Å²) in [5.74, 6) is -0.206. The minimum absolute atomic E-state index is 0.206. The van der Waals surface area contributed by atoms with E-state index < -0.39 is 6.36 Å². The molecule has 1 rings (SSSR count). The number of hydrogen-bond donors (Lipinski definition) is 0. The number of benzene rings is 1. The topological polar surface area (TPSA) is 9.23 Å². The van der Waals surface area contributed by atoms with Crippen molar-refractivity contribution in [2.24, 2.45) is 0 Å². The van der Waals surface area contributed by atoms with Gasteiger partial charge in [0.2, 0.25) is 0 Å². The first-order valence-corrected chi connectivity index (χ1v) is 4.97. The molecule has 0 aliphatic heterocycles. The molecular formula is C12H13F3O. The maximum atomic E-state index is 12.0. The molecule has 1 aromatic rings. The second-order valence-electron chi connectivity index (χ2n) is 3.36. The molecule has 0 aliphatic carbocycles. The second-order valence-corrected chi connectivity index (χ2v) is 3.36. The van der Waals surface area contributed by atoms with E-state index in [1.807, 2.05) is 6.92 Å². The van der Waals surface area contributed by atoms with Crippen LogP contribution in [0.4, 0.5) is 13.2 Å². The van der Waals surface area contributed by atoms with Gasteiger partial charge in [-0.2, -0.15) is 0 Å². The first kappa shape index (κ1) is 12.6. The van der Waals surface area contributed by atoms with Crippen LogP contribution in [0.5, 0.6) is 5.75 Å². The Morgan fingerprint density at radius 1 is 1.38 bits per heavy atom. The van der Waals surface area contributed by atoms with Crippen LogP contribution in [-0.2, 0) is 6.42 Å². The highest BCUT2D eigenvalue weighted by Gasteiger charge is 2.31. The van der Waals surface area contributed by atoms with Gasteiger partial charge in [-0.05, 0) is 29.7 Å². The zero-order chi connectivity index (χ0) is 12.2. The summed E-state index contributed by atoms with van der Waals surface area (Å²) < 4.78 is 39.8. The molecule has 88 valence electrons. The fourth-order valence-electron chi connectivity index (χ4n) is 1.46. The van der Waals surface area contributed by atoms with Crippen LogP contribution in [0.25, 0.3) is 6.08 Å². The lowest BCUT2D eigenvalue weighted by Gasteiger charge is -2.11. The molecule has 0 unspecified atom stereocenters. The summed E-state index contributed by atoms with van der Waals surface area (Å²) in [7, 11) is 0. The lowest BCUT2D eigenvalue weighted by Crippen LogP contribution is -2.17.